The Kier molecular flexibility index (Phi) is 6.98. The van der Waals surface area contributed by atoms with Crippen LogP contribution in [0.25, 0.3) is 22.0 Å². The van der Waals surface area contributed by atoms with Crippen LogP contribution in [0.3, 0.4) is 0 Å². The van der Waals surface area contributed by atoms with E-state index in [0.717, 1.165) is 11.7 Å². The van der Waals surface area contributed by atoms with Crippen molar-refractivity contribution in [2.45, 2.75) is 26.1 Å². The second kappa shape index (κ2) is 10.5. The third-order valence-corrected chi connectivity index (χ3v) is 17.4. The molecule has 0 radical (unpaired) electrons. The first-order valence-corrected chi connectivity index (χ1v) is 18.1. The SMILES string of the molecule is CC(C)n1c(CP(Br)(c2ccccc2)(c2ccccc2)c2ccccc2)c(-c2ccc(F)cc2)c2ccccc21. The first kappa shape index (κ1) is 26.7. The minimum absolute atomic E-state index is 0.220. The Bertz CT molecular complexity index is 1660. The first-order valence-electron chi connectivity index (χ1n) is 13.7. The molecule has 0 spiro atoms. The van der Waals surface area contributed by atoms with Crippen LogP contribution in [0.4, 0.5) is 4.39 Å². The van der Waals surface area contributed by atoms with Gasteiger partial charge in [0.2, 0.25) is 0 Å². The molecule has 200 valence electrons. The zero-order chi connectivity index (χ0) is 27.8. The van der Waals surface area contributed by atoms with Gasteiger partial charge in [0.25, 0.3) is 0 Å². The number of aromatic nitrogens is 1. The third-order valence-electron chi connectivity index (χ3n) is 7.99. The fourth-order valence-electron chi connectivity index (χ4n) is 6.22. The van der Waals surface area contributed by atoms with Crippen molar-refractivity contribution in [1.82, 2.24) is 4.57 Å². The summed E-state index contributed by atoms with van der Waals surface area (Å²) < 4.78 is 16.6. The Labute approximate surface area is 244 Å². The molecule has 0 fully saturated rings. The molecule has 0 saturated heterocycles. The van der Waals surface area contributed by atoms with Crippen molar-refractivity contribution in [2.75, 3.05) is 0 Å². The van der Waals surface area contributed by atoms with Crippen LogP contribution in [0.2, 0.25) is 0 Å². The van der Waals surface area contributed by atoms with E-state index in [1.54, 1.807) is 12.1 Å². The minimum atomic E-state index is -3.29. The molecular formula is C36H32BrFNP. The van der Waals surface area contributed by atoms with Gasteiger partial charge in [-0.05, 0) is 0 Å². The summed E-state index contributed by atoms with van der Waals surface area (Å²) >= 11 is 4.67. The van der Waals surface area contributed by atoms with Crippen LogP contribution in [-0.4, -0.2) is 4.57 Å². The number of hydrogen-bond donors (Lipinski definition) is 0. The number of fused-ring (bicyclic) bond motifs is 1. The average Bonchev–Trinajstić information content (AvgIpc) is 3.32. The van der Waals surface area contributed by atoms with Gasteiger partial charge in [0.15, 0.2) is 0 Å². The number of benzene rings is 5. The third kappa shape index (κ3) is 4.24. The average molecular weight is 609 g/mol. The molecule has 0 bridgehead atoms. The topological polar surface area (TPSA) is 4.93 Å². The summed E-state index contributed by atoms with van der Waals surface area (Å²) in [6.45, 7) is 4.50. The van der Waals surface area contributed by atoms with Crippen LogP contribution in [-0.2, 0) is 6.16 Å². The maximum atomic E-state index is 14.1. The van der Waals surface area contributed by atoms with Crippen LogP contribution < -0.4 is 15.9 Å². The summed E-state index contributed by atoms with van der Waals surface area (Å²) in [6.07, 6.45) is 0.753. The number of para-hydroxylation sites is 1. The number of halogens is 2. The Balaban J connectivity index is 1.78. The molecule has 0 aliphatic heterocycles. The molecule has 1 heterocycles. The van der Waals surface area contributed by atoms with Crippen molar-refractivity contribution in [3.63, 3.8) is 0 Å². The van der Waals surface area contributed by atoms with E-state index in [9.17, 15) is 4.39 Å². The second-order valence-corrected chi connectivity index (χ2v) is 19.6. The van der Waals surface area contributed by atoms with Crippen molar-refractivity contribution < 1.29 is 4.39 Å². The summed E-state index contributed by atoms with van der Waals surface area (Å²) in [7, 11) is 0. The molecule has 0 atom stereocenters. The van der Waals surface area contributed by atoms with Gasteiger partial charge >= 0.3 is 245 Å². The Morgan fingerprint density at radius 1 is 0.625 bits per heavy atom. The van der Waals surface area contributed by atoms with Gasteiger partial charge in [-0.2, -0.15) is 0 Å². The normalized spacial score (nSPS) is 12.9. The summed E-state index contributed by atoms with van der Waals surface area (Å²) in [4.78, 5) is 0. The summed E-state index contributed by atoms with van der Waals surface area (Å²) in [6, 6.07) is 48.5. The molecule has 1 aromatic heterocycles. The molecule has 0 unspecified atom stereocenters. The molecule has 1 nitrogen and oxygen atoms in total. The van der Waals surface area contributed by atoms with Gasteiger partial charge in [-0.25, -0.2) is 0 Å². The predicted octanol–water partition coefficient (Wildman–Crippen LogP) is 9.37. The fraction of sp³-hybridized carbons (Fsp3) is 0.111. The van der Waals surface area contributed by atoms with Gasteiger partial charge in [-0.3, -0.25) is 0 Å². The van der Waals surface area contributed by atoms with Crippen molar-refractivity contribution in [1.29, 1.82) is 0 Å². The summed E-state index contributed by atoms with van der Waals surface area (Å²) in [5.74, 6) is -0.226. The fourth-order valence-corrected chi connectivity index (χ4v) is 13.8. The quantitative estimate of drug-likeness (QED) is 0.159. The van der Waals surface area contributed by atoms with Crippen molar-refractivity contribution in [3.8, 4) is 11.1 Å². The molecule has 0 aliphatic carbocycles. The van der Waals surface area contributed by atoms with Crippen LogP contribution >= 0.6 is 20.8 Å². The van der Waals surface area contributed by atoms with E-state index in [2.05, 4.69) is 149 Å². The van der Waals surface area contributed by atoms with Gasteiger partial charge in [-0.1, -0.05) is 0 Å². The van der Waals surface area contributed by atoms with Crippen molar-refractivity contribution in [3.05, 3.63) is 151 Å². The van der Waals surface area contributed by atoms with Gasteiger partial charge in [0.05, 0.1) is 0 Å². The number of hydrogen-bond acceptors (Lipinski definition) is 0. The number of rotatable bonds is 7. The van der Waals surface area contributed by atoms with Crippen LogP contribution in [0.1, 0.15) is 25.6 Å². The standard InChI is InChI=1S/C36H32BrFNP/c1-27(2)39-34-21-13-12-20-33(34)36(28-22-24-29(38)25-23-28)35(39)26-40(37,30-14-6-3-7-15-30,31-16-8-4-9-17-31)32-18-10-5-11-19-32/h3-25,27H,26H2,1-2H3. The van der Waals surface area contributed by atoms with E-state index in [1.807, 2.05) is 12.1 Å². The summed E-state index contributed by atoms with van der Waals surface area (Å²) in [5.41, 5.74) is 4.63. The van der Waals surface area contributed by atoms with E-state index in [4.69, 9.17) is 0 Å². The Morgan fingerprint density at radius 3 is 1.55 bits per heavy atom. The molecule has 0 aliphatic rings. The summed E-state index contributed by atoms with van der Waals surface area (Å²) in [5, 5.41) is 1.72. The monoisotopic (exact) mass is 607 g/mol. The van der Waals surface area contributed by atoms with Crippen molar-refractivity contribution in [2.24, 2.45) is 0 Å². The van der Waals surface area contributed by atoms with Crippen molar-refractivity contribution >= 4 is 47.6 Å². The van der Waals surface area contributed by atoms with E-state index < -0.39 is 5.31 Å². The van der Waals surface area contributed by atoms with E-state index in [-0.39, 0.29) is 11.9 Å². The van der Waals surface area contributed by atoms with Gasteiger partial charge in [0, 0.05) is 0 Å². The molecule has 0 amide bonds. The number of nitrogens with zero attached hydrogens (tertiary/aromatic N) is 1. The Morgan fingerprint density at radius 2 is 1.07 bits per heavy atom. The molecule has 40 heavy (non-hydrogen) atoms. The van der Waals surface area contributed by atoms with Gasteiger partial charge in [-0.15, -0.1) is 0 Å². The van der Waals surface area contributed by atoms with Crippen LogP contribution in [0.15, 0.2) is 140 Å². The predicted molar refractivity (Wildman–Crippen MR) is 175 cm³/mol. The molecule has 4 heteroatoms. The Hall–Kier alpha value is -3.52. The zero-order valence-electron chi connectivity index (χ0n) is 22.7. The van der Waals surface area contributed by atoms with Gasteiger partial charge in [0.1, 0.15) is 0 Å². The molecule has 6 aromatic rings. The molecule has 0 saturated carbocycles. The van der Waals surface area contributed by atoms with Crippen LogP contribution in [0, 0.1) is 5.82 Å². The molecule has 6 rings (SSSR count). The molecule has 5 aromatic carbocycles. The zero-order valence-corrected chi connectivity index (χ0v) is 25.2. The second-order valence-electron chi connectivity index (χ2n) is 10.7. The van der Waals surface area contributed by atoms with E-state index in [0.29, 0.717) is 0 Å². The van der Waals surface area contributed by atoms with E-state index in [1.165, 1.54) is 38.1 Å². The van der Waals surface area contributed by atoms with Crippen LogP contribution in [0.5, 0.6) is 0 Å². The van der Waals surface area contributed by atoms with E-state index >= 15 is 0 Å². The maximum absolute atomic E-state index is 14.1. The molecule has 0 N–H and O–H groups in total. The van der Waals surface area contributed by atoms with Gasteiger partial charge < -0.3 is 0 Å². The first-order chi connectivity index (χ1) is 19.4. The molecular weight excluding hydrogens is 576 g/mol.